The van der Waals surface area contributed by atoms with Crippen molar-refractivity contribution in [1.29, 1.82) is 0 Å². The fourth-order valence-electron chi connectivity index (χ4n) is 2.51. The van der Waals surface area contributed by atoms with Crippen LogP contribution in [0.15, 0.2) is 60.7 Å². The third kappa shape index (κ3) is 2.48. The Morgan fingerprint density at radius 1 is 0.850 bits per heavy atom. The Morgan fingerprint density at radius 2 is 1.50 bits per heavy atom. The molecule has 3 aromatic rings. The van der Waals surface area contributed by atoms with Crippen LogP contribution in [0.4, 0.5) is 0 Å². The Morgan fingerprint density at radius 3 is 2.20 bits per heavy atom. The minimum absolute atomic E-state index is 0.172. The lowest BCUT2D eigenvalue weighted by Crippen LogP contribution is -1.95. The van der Waals surface area contributed by atoms with E-state index in [1.165, 1.54) is 27.5 Å². The number of rotatable bonds is 2. The van der Waals surface area contributed by atoms with Gasteiger partial charge in [0.05, 0.1) is 4.83 Å². The van der Waals surface area contributed by atoms with Crippen molar-refractivity contribution in [3.05, 3.63) is 82.4 Å². The molecule has 0 heterocycles. The normalized spacial score (nSPS) is 12.6. The summed E-state index contributed by atoms with van der Waals surface area (Å²) in [4.78, 5) is 0.172. The van der Waals surface area contributed by atoms with Crippen LogP contribution in [0.25, 0.3) is 10.8 Å². The maximum Gasteiger partial charge on any atom is 0.0650 e. The molecule has 0 saturated heterocycles. The first kappa shape index (κ1) is 13.7. The smallest absolute Gasteiger partial charge is 0.0650 e. The van der Waals surface area contributed by atoms with Crippen LogP contribution in [0.5, 0.6) is 0 Å². The van der Waals surface area contributed by atoms with Gasteiger partial charge in [-0.15, -0.1) is 0 Å². The molecule has 3 rings (SSSR count). The zero-order valence-electron chi connectivity index (χ0n) is 11.1. The van der Waals surface area contributed by atoms with E-state index < -0.39 is 0 Å². The standard InChI is InChI=1S/C18H14BrCl/c1-12-6-11-17(16-5-3-2-4-15(12)16)18(19)13-7-9-14(20)10-8-13/h2-11,18H,1H3. The lowest BCUT2D eigenvalue weighted by molar-refractivity contribution is 1.19. The molecule has 20 heavy (non-hydrogen) atoms. The van der Waals surface area contributed by atoms with Crippen molar-refractivity contribution in [3.63, 3.8) is 0 Å². The minimum Gasteiger partial charge on any atom is -0.0843 e. The van der Waals surface area contributed by atoms with Gasteiger partial charge in [0.1, 0.15) is 0 Å². The fourth-order valence-corrected chi connectivity index (χ4v) is 3.34. The van der Waals surface area contributed by atoms with Gasteiger partial charge in [-0.05, 0) is 46.5 Å². The average molecular weight is 346 g/mol. The Kier molecular flexibility index (Phi) is 3.82. The molecule has 0 aromatic heterocycles. The maximum absolute atomic E-state index is 5.96. The van der Waals surface area contributed by atoms with Crippen LogP contribution in [-0.2, 0) is 0 Å². The van der Waals surface area contributed by atoms with Gasteiger partial charge in [-0.1, -0.05) is 76.1 Å². The summed E-state index contributed by atoms with van der Waals surface area (Å²) in [5.41, 5.74) is 3.80. The van der Waals surface area contributed by atoms with Crippen molar-refractivity contribution in [1.82, 2.24) is 0 Å². The molecule has 100 valence electrons. The molecule has 0 fully saturated rings. The molecule has 1 atom stereocenters. The second-order valence-corrected chi connectivity index (χ2v) is 6.28. The molecule has 0 aliphatic rings. The molecule has 2 heteroatoms. The fraction of sp³-hybridized carbons (Fsp3) is 0.111. The van der Waals surface area contributed by atoms with Crippen LogP contribution in [0.1, 0.15) is 21.5 Å². The number of halogens is 2. The van der Waals surface area contributed by atoms with Crippen LogP contribution in [0.3, 0.4) is 0 Å². The lowest BCUT2D eigenvalue weighted by atomic mass is 9.96. The SMILES string of the molecule is Cc1ccc(C(Br)c2ccc(Cl)cc2)c2ccccc12. The Labute approximate surface area is 132 Å². The summed E-state index contributed by atoms with van der Waals surface area (Å²) < 4.78 is 0. The van der Waals surface area contributed by atoms with Crippen molar-refractivity contribution in [2.75, 3.05) is 0 Å². The average Bonchev–Trinajstić information content (AvgIpc) is 2.48. The highest BCUT2D eigenvalue weighted by Crippen LogP contribution is 2.36. The molecule has 0 aliphatic carbocycles. The van der Waals surface area contributed by atoms with Crippen LogP contribution in [-0.4, -0.2) is 0 Å². The molecule has 0 aliphatic heterocycles. The van der Waals surface area contributed by atoms with Crippen LogP contribution >= 0.6 is 27.5 Å². The van der Waals surface area contributed by atoms with E-state index in [2.05, 4.69) is 71.4 Å². The minimum atomic E-state index is 0.172. The van der Waals surface area contributed by atoms with Gasteiger partial charge in [-0.25, -0.2) is 0 Å². The first-order chi connectivity index (χ1) is 9.66. The molecule has 0 nitrogen and oxygen atoms in total. The summed E-state index contributed by atoms with van der Waals surface area (Å²) in [6, 6.07) is 20.9. The molecule has 3 aromatic carbocycles. The van der Waals surface area contributed by atoms with E-state index in [0.717, 1.165) is 5.02 Å². The number of alkyl halides is 1. The van der Waals surface area contributed by atoms with Gasteiger partial charge in [0, 0.05) is 5.02 Å². The van der Waals surface area contributed by atoms with Crippen LogP contribution in [0.2, 0.25) is 5.02 Å². The van der Waals surface area contributed by atoms with E-state index >= 15 is 0 Å². The molecular weight excluding hydrogens is 332 g/mol. The van der Waals surface area contributed by atoms with E-state index in [1.807, 2.05) is 12.1 Å². The summed E-state index contributed by atoms with van der Waals surface area (Å²) in [7, 11) is 0. The molecule has 0 N–H and O–H groups in total. The highest BCUT2D eigenvalue weighted by molar-refractivity contribution is 9.09. The van der Waals surface area contributed by atoms with E-state index in [-0.39, 0.29) is 4.83 Å². The largest absolute Gasteiger partial charge is 0.0843 e. The zero-order chi connectivity index (χ0) is 14.1. The molecule has 0 saturated carbocycles. The lowest BCUT2D eigenvalue weighted by Gasteiger charge is -2.15. The number of hydrogen-bond donors (Lipinski definition) is 0. The van der Waals surface area contributed by atoms with Gasteiger partial charge in [0.15, 0.2) is 0 Å². The Balaban J connectivity index is 2.14. The van der Waals surface area contributed by atoms with Crippen LogP contribution in [0, 0.1) is 6.92 Å². The van der Waals surface area contributed by atoms with Crippen molar-refractivity contribution in [2.24, 2.45) is 0 Å². The van der Waals surface area contributed by atoms with Gasteiger partial charge in [0.2, 0.25) is 0 Å². The van der Waals surface area contributed by atoms with E-state index in [1.54, 1.807) is 0 Å². The van der Waals surface area contributed by atoms with Crippen molar-refractivity contribution >= 4 is 38.3 Å². The van der Waals surface area contributed by atoms with Crippen molar-refractivity contribution < 1.29 is 0 Å². The van der Waals surface area contributed by atoms with Gasteiger partial charge in [0.25, 0.3) is 0 Å². The molecule has 1 unspecified atom stereocenters. The predicted octanol–water partition coefficient (Wildman–Crippen LogP) is 6.29. The monoisotopic (exact) mass is 344 g/mol. The van der Waals surface area contributed by atoms with Crippen LogP contribution < -0.4 is 0 Å². The van der Waals surface area contributed by atoms with E-state index in [9.17, 15) is 0 Å². The topological polar surface area (TPSA) is 0 Å². The summed E-state index contributed by atoms with van der Waals surface area (Å²) >= 11 is 9.78. The molecule has 0 spiro atoms. The number of hydrogen-bond acceptors (Lipinski definition) is 0. The van der Waals surface area contributed by atoms with E-state index in [0.29, 0.717) is 0 Å². The molecule has 0 bridgehead atoms. The molecule has 0 radical (unpaired) electrons. The number of aryl methyl sites for hydroxylation is 1. The summed E-state index contributed by atoms with van der Waals surface area (Å²) in [6.07, 6.45) is 0. The number of fused-ring (bicyclic) bond motifs is 1. The van der Waals surface area contributed by atoms with Gasteiger partial charge < -0.3 is 0 Å². The molecular formula is C18H14BrCl. The second kappa shape index (κ2) is 5.59. The van der Waals surface area contributed by atoms with E-state index in [4.69, 9.17) is 11.6 Å². The summed E-state index contributed by atoms with van der Waals surface area (Å²) in [5.74, 6) is 0. The quantitative estimate of drug-likeness (QED) is 0.479. The third-order valence-electron chi connectivity index (χ3n) is 3.61. The third-order valence-corrected chi connectivity index (χ3v) is 4.89. The highest BCUT2D eigenvalue weighted by Gasteiger charge is 2.13. The van der Waals surface area contributed by atoms with Gasteiger partial charge >= 0.3 is 0 Å². The van der Waals surface area contributed by atoms with Crippen molar-refractivity contribution in [2.45, 2.75) is 11.8 Å². The first-order valence-corrected chi connectivity index (χ1v) is 7.84. The predicted molar refractivity (Wildman–Crippen MR) is 90.9 cm³/mol. The summed E-state index contributed by atoms with van der Waals surface area (Å²) in [6.45, 7) is 2.15. The van der Waals surface area contributed by atoms with Gasteiger partial charge in [-0.3, -0.25) is 0 Å². The highest BCUT2D eigenvalue weighted by atomic mass is 79.9. The van der Waals surface area contributed by atoms with Gasteiger partial charge in [-0.2, -0.15) is 0 Å². The summed E-state index contributed by atoms with van der Waals surface area (Å²) in [5, 5.41) is 3.37. The van der Waals surface area contributed by atoms with Crippen molar-refractivity contribution in [3.8, 4) is 0 Å². The first-order valence-electron chi connectivity index (χ1n) is 6.54. The Hall–Kier alpha value is -1.31. The second-order valence-electron chi connectivity index (χ2n) is 4.93. The number of benzene rings is 3. The maximum atomic E-state index is 5.96. The zero-order valence-corrected chi connectivity index (χ0v) is 13.4. The Bertz CT molecular complexity index is 747. The molecule has 0 amide bonds.